The third-order valence-corrected chi connectivity index (χ3v) is 5.21. The molecule has 0 bridgehead atoms. The highest BCUT2D eigenvalue weighted by Gasteiger charge is 2.25. The first-order valence-corrected chi connectivity index (χ1v) is 8.47. The molecule has 2 heterocycles. The summed E-state index contributed by atoms with van der Waals surface area (Å²) in [4.78, 5) is 27.6. The van der Waals surface area contributed by atoms with Gasteiger partial charge in [0.2, 0.25) is 0 Å². The summed E-state index contributed by atoms with van der Waals surface area (Å²) in [6, 6.07) is 7.24. The molecule has 0 atom stereocenters. The molecule has 1 aromatic heterocycles. The van der Waals surface area contributed by atoms with Gasteiger partial charge in [-0.2, -0.15) is 0 Å². The molecule has 0 aliphatic carbocycles. The van der Waals surface area contributed by atoms with Crippen LogP contribution in [0.25, 0.3) is 0 Å². The number of carboxylic acid groups (broad SMARTS) is 1. The minimum Gasteiger partial charge on any atom is -0.477 e. The first kappa shape index (κ1) is 16.7. The Hall–Kier alpha value is -2.12. The predicted molar refractivity (Wildman–Crippen MR) is 90.8 cm³/mol. The number of carboxylic acids is 1. The van der Waals surface area contributed by atoms with E-state index in [1.54, 1.807) is 17.0 Å². The Morgan fingerprint density at radius 2 is 1.75 bits per heavy atom. The summed E-state index contributed by atoms with van der Waals surface area (Å²) >= 11 is 7.05. The molecule has 126 valence electrons. The standard InChI is InChI=1S/C16H14ClFN2O3S/c17-11-9-10(18)1-2-12(11)19-5-7-20(8-6-19)15(21)13-3-4-14(24-13)16(22)23/h1-4,9H,5-8H2,(H,22,23). The van der Waals surface area contributed by atoms with Gasteiger partial charge in [0, 0.05) is 26.2 Å². The Kier molecular flexibility index (Phi) is 4.73. The highest BCUT2D eigenvalue weighted by Crippen LogP contribution is 2.28. The van der Waals surface area contributed by atoms with Gasteiger partial charge >= 0.3 is 5.97 Å². The molecule has 1 aromatic carbocycles. The fraction of sp³-hybridized carbons (Fsp3) is 0.250. The highest BCUT2D eigenvalue weighted by atomic mass is 35.5. The lowest BCUT2D eigenvalue weighted by Gasteiger charge is -2.36. The van der Waals surface area contributed by atoms with Crippen molar-refractivity contribution in [2.75, 3.05) is 31.1 Å². The Bertz CT molecular complexity index is 787. The molecule has 1 fully saturated rings. The van der Waals surface area contributed by atoms with E-state index in [9.17, 15) is 14.0 Å². The molecule has 1 amide bonds. The third kappa shape index (κ3) is 3.37. The zero-order chi connectivity index (χ0) is 17.3. The molecule has 1 N–H and O–H groups in total. The summed E-state index contributed by atoms with van der Waals surface area (Å²) < 4.78 is 13.1. The molecule has 3 rings (SSSR count). The maximum Gasteiger partial charge on any atom is 0.345 e. The number of hydrogen-bond acceptors (Lipinski definition) is 4. The lowest BCUT2D eigenvalue weighted by Crippen LogP contribution is -2.48. The maximum atomic E-state index is 13.1. The smallest absolute Gasteiger partial charge is 0.345 e. The molecule has 5 nitrogen and oxygen atoms in total. The van der Waals surface area contributed by atoms with Crippen molar-refractivity contribution >= 4 is 40.5 Å². The number of rotatable bonds is 3. The molecule has 2 aromatic rings. The number of thiophene rings is 1. The van der Waals surface area contributed by atoms with Crippen molar-refractivity contribution in [2.45, 2.75) is 0 Å². The number of carbonyl (C=O) groups is 2. The average Bonchev–Trinajstić information content (AvgIpc) is 3.05. The lowest BCUT2D eigenvalue weighted by atomic mass is 10.2. The van der Waals surface area contributed by atoms with Crippen molar-refractivity contribution in [3.63, 3.8) is 0 Å². The van der Waals surface area contributed by atoms with E-state index in [4.69, 9.17) is 16.7 Å². The Balaban J connectivity index is 1.65. The number of benzene rings is 1. The van der Waals surface area contributed by atoms with Crippen LogP contribution in [0.5, 0.6) is 0 Å². The molecule has 1 saturated heterocycles. The number of aromatic carboxylic acids is 1. The lowest BCUT2D eigenvalue weighted by molar-refractivity contribution is 0.0701. The highest BCUT2D eigenvalue weighted by molar-refractivity contribution is 7.15. The predicted octanol–water partition coefficient (Wildman–Crippen LogP) is 3.20. The number of nitrogens with zero attached hydrogens (tertiary/aromatic N) is 2. The Morgan fingerprint density at radius 3 is 2.33 bits per heavy atom. The van der Waals surface area contributed by atoms with Crippen LogP contribution >= 0.6 is 22.9 Å². The fourth-order valence-electron chi connectivity index (χ4n) is 2.61. The largest absolute Gasteiger partial charge is 0.477 e. The molecular weight excluding hydrogens is 355 g/mol. The minimum atomic E-state index is -1.03. The van der Waals surface area contributed by atoms with Crippen molar-refractivity contribution in [3.8, 4) is 0 Å². The number of anilines is 1. The van der Waals surface area contributed by atoms with Crippen molar-refractivity contribution in [1.29, 1.82) is 0 Å². The van der Waals surface area contributed by atoms with E-state index < -0.39 is 5.97 Å². The van der Waals surface area contributed by atoms with E-state index in [0.29, 0.717) is 36.1 Å². The van der Waals surface area contributed by atoms with Crippen LogP contribution in [0.4, 0.5) is 10.1 Å². The molecular formula is C16H14ClFN2O3S. The van der Waals surface area contributed by atoms with Gasteiger partial charge in [-0.3, -0.25) is 4.79 Å². The van der Waals surface area contributed by atoms with Gasteiger partial charge < -0.3 is 14.9 Å². The molecule has 24 heavy (non-hydrogen) atoms. The molecule has 1 aliphatic heterocycles. The molecule has 0 unspecified atom stereocenters. The van der Waals surface area contributed by atoms with Crippen molar-refractivity contribution < 1.29 is 19.1 Å². The van der Waals surface area contributed by atoms with Crippen molar-refractivity contribution in [2.24, 2.45) is 0 Å². The van der Waals surface area contributed by atoms with Gasteiger partial charge in [0.15, 0.2) is 0 Å². The number of halogens is 2. The second-order valence-corrected chi connectivity index (χ2v) is 6.84. The normalized spacial score (nSPS) is 14.8. The second kappa shape index (κ2) is 6.78. The Morgan fingerprint density at radius 1 is 1.08 bits per heavy atom. The van der Waals surface area contributed by atoms with Crippen LogP contribution in [0.2, 0.25) is 5.02 Å². The maximum absolute atomic E-state index is 13.1. The van der Waals surface area contributed by atoms with Gasteiger partial charge in [0.1, 0.15) is 10.7 Å². The van der Waals surface area contributed by atoms with E-state index in [2.05, 4.69) is 0 Å². The quantitative estimate of drug-likeness (QED) is 0.903. The average molecular weight is 369 g/mol. The van der Waals surface area contributed by atoms with Crippen molar-refractivity contribution in [3.05, 3.63) is 50.9 Å². The van der Waals surface area contributed by atoms with E-state index in [1.807, 2.05) is 4.90 Å². The van der Waals surface area contributed by atoms with Gasteiger partial charge in [-0.1, -0.05) is 11.6 Å². The number of carbonyl (C=O) groups excluding carboxylic acids is 1. The minimum absolute atomic E-state index is 0.148. The van der Waals surface area contributed by atoms with E-state index in [0.717, 1.165) is 17.0 Å². The van der Waals surface area contributed by atoms with Gasteiger partial charge in [-0.05, 0) is 30.3 Å². The first-order chi connectivity index (χ1) is 11.5. The number of piperazine rings is 1. The SMILES string of the molecule is O=C(O)c1ccc(C(=O)N2CCN(c3ccc(F)cc3Cl)CC2)s1. The van der Waals surface area contributed by atoms with Crippen LogP contribution in [0.1, 0.15) is 19.3 Å². The van der Waals surface area contributed by atoms with Crippen LogP contribution < -0.4 is 4.90 Å². The Labute approximate surface area is 146 Å². The first-order valence-electron chi connectivity index (χ1n) is 7.28. The van der Waals surface area contributed by atoms with Crippen molar-refractivity contribution in [1.82, 2.24) is 4.90 Å². The van der Waals surface area contributed by atoms with E-state index >= 15 is 0 Å². The van der Waals surface area contributed by atoms with Gasteiger partial charge in [-0.15, -0.1) is 11.3 Å². The monoisotopic (exact) mass is 368 g/mol. The van der Waals surface area contributed by atoms with Crippen LogP contribution in [0, 0.1) is 5.82 Å². The zero-order valence-electron chi connectivity index (χ0n) is 12.5. The molecule has 0 spiro atoms. The van der Waals surface area contributed by atoms with Crippen LogP contribution in [0.3, 0.4) is 0 Å². The van der Waals surface area contributed by atoms with E-state index in [1.165, 1.54) is 18.2 Å². The van der Waals surface area contributed by atoms with Gasteiger partial charge in [-0.25, -0.2) is 9.18 Å². The van der Waals surface area contributed by atoms with Crippen LogP contribution in [0.15, 0.2) is 30.3 Å². The molecule has 8 heteroatoms. The summed E-state index contributed by atoms with van der Waals surface area (Å²) in [6.45, 7) is 2.14. The molecule has 1 aliphatic rings. The zero-order valence-corrected chi connectivity index (χ0v) is 14.1. The van der Waals surface area contributed by atoms with Crippen LogP contribution in [-0.4, -0.2) is 48.1 Å². The summed E-state index contributed by atoms with van der Waals surface area (Å²) in [5.41, 5.74) is 0.745. The second-order valence-electron chi connectivity index (χ2n) is 5.34. The summed E-state index contributed by atoms with van der Waals surface area (Å²) in [7, 11) is 0. The number of hydrogen-bond donors (Lipinski definition) is 1. The molecule has 0 saturated carbocycles. The summed E-state index contributed by atoms with van der Waals surface area (Å²) in [6.07, 6.45) is 0. The van der Waals surface area contributed by atoms with Gasteiger partial charge in [0.25, 0.3) is 5.91 Å². The topological polar surface area (TPSA) is 60.9 Å². The number of amides is 1. The summed E-state index contributed by atoms with van der Waals surface area (Å²) in [5.74, 6) is -1.59. The summed E-state index contributed by atoms with van der Waals surface area (Å²) in [5, 5.41) is 9.28. The third-order valence-electron chi connectivity index (χ3n) is 3.84. The molecule has 0 radical (unpaired) electrons. The fourth-order valence-corrected chi connectivity index (χ4v) is 3.71. The van der Waals surface area contributed by atoms with Gasteiger partial charge in [0.05, 0.1) is 15.6 Å². The van der Waals surface area contributed by atoms with E-state index in [-0.39, 0.29) is 16.6 Å². The van der Waals surface area contributed by atoms with Crippen LogP contribution in [-0.2, 0) is 0 Å².